The van der Waals surface area contributed by atoms with E-state index in [2.05, 4.69) is 17.0 Å². The molecule has 1 aromatic rings. The Balaban J connectivity index is 2.81. The normalized spacial score (nSPS) is 11.4. The topological polar surface area (TPSA) is 35.2 Å². The van der Waals surface area contributed by atoms with Crippen molar-refractivity contribution in [1.29, 1.82) is 0 Å². The lowest BCUT2D eigenvalue weighted by atomic mass is 10.2. The van der Waals surface area contributed by atoms with Crippen molar-refractivity contribution in [2.24, 2.45) is 5.73 Å². The maximum absolute atomic E-state index is 13.3. The van der Waals surface area contributed by atoms with Gasteiger partial charge in [0.05, 0.1) is 13.0 Å². The summed E-state index contributed by atoms with van der Waals surface area (Å²) < 4.78 is 66.6. The highest BCUT2D eigenvalue weighted by molar-refractivity contribution is 7.80. The van der Waals surface area contributed by atoms with Crippen molar-refractivity contribution in [3.05, 3.63) is 29.3 Å². The molecule has 0 saturated heterocycles. The molecule has 8 heteroatoms. The van der Waals surface area contributed by atoms with Crippen LogP contribution in [0, 0.1) is 11.6 Å². The second-order valence-electron chi connectivity index (χ2n) is 3.35. The molecular formula is C10H8F5NOS. The third-order valence-electron chi connectivity index (χ3n) is 1.91. The number of ether oxygens (including phenoxy) is 1. The summed E-state index contributed by atoms with van der Waals surface area (Å²) in [6, 6.07) is 1.60. The molecule has 0 aliphatic rings. The van der Waals surface area contributed by atoms with Gasteiger partial charge >= 0.3 is 6.18 Å². The van der Waals surface area contributed by atoms with Crippen LogP contribution < -0.4 is 10.5 Å². The highest BCUT2D eigenvalue weighted by Crippen LogP contribution is 2.25. The van der Waals surface area contributed by atoms with Crippen LogP contribution >= 0.6 is 12.2 Å². The minimum absolute atomic E-state index is 0.0665. The molecule has 0 aromatic heterocycles. The second-order valence-corrected chi connectivity index (χ2v) is 3.79. The third-order valence-corrected chi connectivity index (χ3v) is 2.15. The summed E-state index contributed by atoms with van der Waals surface area (Å²) in [6.07, 6.45) is -5.76. The maximum atomic E-state index is 13.3. The van der Waals surface area contributed by atoms with Gasteiger partial charge in [-0.15, -0.1) is 0 Å². The Kier molecular flexibility index (Phi) is 4.44. The first-order valence-electron chi connectivity index (χ1n) is 4.69. The number of rotatable bonds is 4. The van der Waals surface area contributed by atoms with Crippen molar-refractivity contribution in [1.82, 2.24) is 0 Å². The molecule has 2 N–H and O–H groups in total. The van der Waals surface area contributed by atoms with Crippen LogP contribution in [0.25, 0.3) is 0 Å². The monoisotopic (exact) mass is 285 g/mol. The number of hydrogen-bond donors (Lipinski definition) is 1. The number of hydrogen-bond acceptors (Lipinski definition) is 2. The van der Waals surface area contributed by atoms with E-state index in [4.69, 9.17) is 5.73 Å². The first-order valence-corrected chi connectivity index (χ1v) is 5.10. The van der Waals surface area contributed by atoms with E-state index in [1.807, 2.05) is 0 Å². The molecule has 1 rings (SSSR count). The van der Waals surface area contributed by atoms with Gasteiger partial charge in [0.15, 0.2) is 17.4 Å². The Bertz CT molecular complexity index is 437. The van der Waals surface area contributed by atoms with Gasteiger partial charge in [-0.3, -0.25) is 0 Å². The molecule has 0 heterocycles. The lowest BCUT2D eigenvalue weighted by Gasteiger charge is -2.11. The largest absolute Gasteiger partial charge is 0.487 e. The Morgan fingerprint density at radius 3 is 2.11 bits per heavy atom. The molecule has 0 fully saturated rings. The smallest absolute Gasteiger partial charge is 0.392 e. The van der Waals surface area contributed by atoms with E-state index in [1.165, 1.54) is 0 Å². The lowest BCUT2D eigenvalue weighted by Crippen LogP contribution is -2.15. The van der Waals surface area contributed by atoms with E-state index in [1.54, 1.807) is 0 Å². The van der Waals surface area contributed by atoms with Crippen molar-refractivity contribution in [2.45, 2.75) is 12.6 Å². The van der Waals surface area contributed by atoms with Crippen LogP contribution in [0.15, 0.2) is 12.1 Å². The summed E-state index contributed by atoms with van der Waals surface area (Å²) in [5.74, 6) is -3.18. The standard InChI is InChI=1S/C10H8F5NOS/c11-6-3-5(9(16)18)4-7(12)8(6)17-2-1-10(13,14)15/h3-4H,1-2H2,(H2,16,18). The Morgan fingerprint density at radius 2 is 1.72 bits per heavy atom. The Hall–Kier alpha value is -1.44. The number of benzene rings is 1. The molecule has 0 spiro atoms. The predicted octanol–water partition coefficient (Wildman–Crippen LogP) is 2.93. The SMILES string of the molecule is NC(=S)c1cc(F)c(OCCC(F)(F)F)c(F)c1. The van der Waals surface area contributed by atoms with Gasteiger partial charge in [-0.2, -0.15) is 13.2 Å². The molecule has 0 saturated carbocycles. The zero-order chi connectivity index (χ0) is 13.9. The van der Waals surface area contributed by atoms with E-state index in [0.29, 0.717) is 0 Å². The van der Waals surface area contributed by atoms with Crippen molar-refractivity contribution >= 4 is 17.2 Å². The molecule has 0 radical (unpaired) electrons. The predicted molar refractivity (Wildman–Crippen MR) is 58.4 cm³/mol. The summed E-state index contributed by atoms with van der Waals surface area (Å²) in [5.41, 5.74) is 5.10. The summed E-state index contributed by atoms with van der Waals surface area (Å²) in [6.45, 7) is -0.871. The van der Waals surface area contributed by atoms with Gasteiger partial charge in [0, 0.05) is 5.56 Å². The Labute approximate surface area is 105 Å². The van der Waals surface area contributed by atoms with Crippen molar-refractivity contribution < 1.29 is 26.7 Å². The number of nitrogens with two attached hydrogens (primary N) is 1. The molecular weight excluding hydrogens is 277 g/mol. The van der Waals surface area contributed by atoms with Crippen molar-refractivity contribution in [3.8, 4) is 5.75 Å². The van der Waals surface area contributed by atoms with E-state index >= 15 is 0 Å². The first-order chi connectivity index (χ1) is 8.20. The summed E-state index contributed by atoms with van der Waals surface area (Å²) in [7, 11) is 0. The zero-order valence-electron chi connectivity index (χ0n) is 8.85. The molecule has 0 aliphatic carbocycles. The van der Waals surface area contributed by atoms with Crippen LogP contribution in [-0.2, 0) is 0 Å². The molecule has 2 nitrogen and oxygen atoms in total. The van der Waals surface area contributed by atoms with E-state index < -0.39 is 36.6 Å². The average Bonchev–Trinajstić information content (AvgIpc) is 2.20. The quantitative estimate of drug-likeness (QED) is 0.682. The highest BCUT2D eigenvalue weighted by atomic mass is 32.1. The van der Waals surface area contributed by atoms with Crippen LogP contribution in [0.4, 0.5) is 22.0 Å². The first kappa shape index (κ1) is 14.6. The van der Waals surface area contributed by atoms with Crippen LogP contribution in [0.3, 0.4) is 0 Å². The number of alkyl halides is 3. The molecule has 0 amide bonds. The van der Waals surface area contributed by atoms with Crippen LogP contribution in [0.1, 0.15) is 12.0 Å². The second kappa shape index (κ2) is 5.47. The summed E-state index contributed by atoms with van der Waals surface area (Å²) in [4.78, 5) is -0.227. The van der Waals surface area contributed by atoms with Crippen LogP contribution in [0.2, 0.25) is 0 Å². The van der Waals surface area contributed by atoms with E-state index in [0.717, 1.165) is 12.1 Å². The molecule has 0 aliphatic heterocycles. The number of thiocarbonyl (C=S) groups is 1. The van der Waals surface area contributed by atoms with Crippen molar-refractivity contribution in [3.63, 3.8) is 0 Å². The molecule has 18 heavy (non-hydrogen) atoms. The lowest BCUT2D eigenvalue weighted by molar-refractivity contribution is -0.139. The summed E-state index contributed by atoms with van der Waals surface area (Å²) >= 11 is 4.52. The van der Waals surface area contributed by atoms with Crippen molar-refractivity contribution in [2.75, 3.05) is 6.61 Å². The number of halogens is 5. The molecule has 1 aromatic carbocycles. The fourth-order valence-electron chi connectivity index (χ4n) is 1.11. The van der Waals surface area contributed by atoms with Gasteiger partial charge < -0.3 is 10.5 Å². The third kappa shape index (κ3) is 4.10. The minimum Gasteiger partial charge on any atom is -0.487 e. The fraction of sp³-hybridized carbons (Fsp3) is 0.300. The molecule has 0 bridgehead atoms. The van der Waals surface area contributed by atoms with Crippen LogP contribution in [-0.4, -0.2) is 17.8 Å². The molecule has 0 unspecified atom stereocenters. The molecule has 100 valence electrons. The van der Waals surface area contributed by atoms with Gasteiger partial charge in [0.1, 0.15) is 4.99 Å². The zero-order valence-corrected chi connectivity index (χ0v) is 9.67. The average molecular weight is 285 g/mol. The van der Waals surface area contributed by atoms with Crippen LogP contribution in [0.5, 0.6) is 5.75 Å². The molecule has 0 atom stereocenters. The maximum Gasteiger partial charge on any atom is 0.392 e. The van der Waals surface area contributed by atoms with Gasteiger partial charge in [-0.25, -0.2) is 8.78 Å². The minimum atomic E-state index is -4.45. The Morgan fingerprint density at radius 1 is 1.22 bits per heavy atom. The van der Waals surface area contributed by atoms with E-state index in [-0.39, 0.29) is 10.6 Å². The van der Waals surface area contributed by atoms with Gasteiger partial charge in [0.2, 0.25) is 0 Å². The van der Waals surface area contributed by atoms with Gasteiger partial charge in [-0.05, 0) is 12.1 Å². The van der Waals surface area contributed by atoms with Gasteiger partial charge in [-0.1, -0.05) is 12.2 Å². The highest BCUT2D eigenvalue weighted by Gasteiger charge is 2.27. The van der Waals surface area contributed by atoms with E-state index in [9.17, 15) is 22.0 Å². The van der Waals surface area contributed by atoms with Gasteiger partial charge in [0.25, 0.3) is 0 Å². The summed E-state index contributed by atoms with van der Waals surface area (Å²) in [5, 5.41) is 0. The fourth-order valence-corrected chi connectivity index (χ4v) is 1.23.